The van der Waals surface area contributed by atoms with Gasteiger partial charge in [-0.25, -0.2) is 8.78 Å². The van der Waals surface area contributed by atoms with E-state index in [4.69, 9.17) is 5.73 Å². The minimum atomic E-state index is -1.04. The minimum absolute atomic E-state index is 0.0344. The van der Waals surface area contributed by atoms with Crippen LogP contribution < -0.4 is 5.73 Å². The highest BCUT2D eigenvalue weighted by Crippen LogP contribution is 2.48. The lowest BCUT2D eigenvalue weighted by atomic mass is 9.64. The third kappa shape index (κ3) is 2.72. The van der Waals surface area contributed by atoms with Crippen LogP contribution in [-0.4, -0.2) is 11.7 Å². The van der Waals surface area contributed by atoms with E-state index in [-0.39, 0.29) is 5.56 Å². The maximum absolute atomic E-state index is 13.9. The molecule has 1 aromatic rings. The number of hydrogen-bond donors (Lipinski definition) is 2. The molecule has 20 heavy (non-hydrogen) atoms. The predicted molar refractivity (Wildman–Crippen MR) is 75.1 cm³/mol. The number of nitrogens with two attached hydrogens (primary N) is 1. The smallest absolute Gasteiger partial charge is 0.164 e. The van der Waals surface area contributed by atoms with Gasteiger partial charge in [0.25, 0.3) is 0 Å². The summed E-state index contributed by atoms with van der Waals surface area (Å²) in [6, 6.07) is 3.95. The van der Waals surface area contributed by atoms with Crippen molar-refractivity contribution < 1.29 is 13.9 Å². The summed E-state index contributed by atoms with van der Waals surface area (Å²) in [5, 5.41) is 10.6. The van der Waals surface area contributed by atoms with Gasteiger partial charge in [0.15, 0.2) is 11.6 Å². The van der Waals surface area contributed by atoms with E-state index in [1.165, 1.54) is 12.1 Å². The van der Waals surface area contributed by atoms with Crippen LogP contribution in [0.5, 0.6) is 0 Å². The first kappa shape index (κ1) is 15.4. The molecule has 1 aliphatic carbocycles. The molecule has 0 radical (unpaired) electrons. The maximum Gasteiger partial charge on any atom is 0.164 e. The first-order valence-corrected chi connectivity index (χ1v) is 7.36. The Bertz CT molecular complexity index is 466. The van der Waals surface area contributed by atoms with E-state index in [1.807, 2.05) is 0 Å². The fourth-order valence-electron chi connectivity index (χ4n) is 3.48. The molecule has 0 heterocycles. The minimum Gasteiger partial charge on any atom is -0.388 e. The highest BCUT2D eigenvalue weighted by molar-refractivity contribution is 5.23. The summed E-state index contributed by atoms with van der Waals surface area (Å²) in [7, 11) is 0. The van der Waals surface area contributed by atoms with Crippen molar-refractivity contribution >= 4 is 0 Å². The lowest BCUT2D eigenvalue weighted by Gasteiger charge is -2.43. The summed E-state index contributed by atoms with van der Waals surface area (Å²) in [6.07, 6.45) is 3.62. The Morgan fingerprint density at radius 2 is 2.20 bits per heavy atom. The van der Waals surface area contributed by atoms with Crippen molar-refractivity contribution in [3.05, 3.63) is 35.4 Å². The quantitative estimate of drug-likeness (QED) is 0.887. The molecule has 0 aromatic heterocycles. The van der Waals surface area contributed by atoms with Crippen LogP contribution in [0.3, 0.4) is 0 Å². The molecule has 3 unspecified atom stereocenters. The monoisotopic (exact) mass is 283 g/mol. The van der Waals surface area contributed by atoms with E-state index in [1.54, 1.807) is 0 Å². The Morgan fingerprint density at radius 1 is 1.45 bits per heavy atom. The Hall–Kier alpha value is -1.00. The zero-order valence-electron chi connectivity index (χ0n) is 11.9. The van der Waals surface area contributed by atoms with E-state index >= 15 is 0 Å². The number of hydrogen-bond acceptors (Lipinski definition) is 2. The molecule has 112 valence electrons. The van der Waals surface area contributed by atoms with Gasteiger partial charge in [0.1, 0.15) is 0 Å². The highest BCUT2D eigenvalue weighted by Gasteiger charge is 2.42. The summed E-state index contributed by atoms with van der Waals surface area (Å²) in [6.45, 7) is 2.41. The summed E-state index contributed by atoms with van der Waals surface area (Å²) < 4.78 is 27.3. The molecule has 4 heteroatoms. The van der Waals surface area contributed by atoms with Gasteiger partial charge in [0.05, 0.1) is 6.10 Å². The second-order valence-corrected chi connectivity index (χ2v) is 5.98. The van der Waals surface area contributed by atoms with Gasteiger partial charge in [0, 0.05) is 17.5 Å². The SMILES string of the molecule is CCC1CCCC(CN)(C(O)c2cccc(F)c2F)C1. The van der Waals surface area contributed by atoms with Gasteiger partial charge in [-0.3, -0.25) is 0 Å². The summed E-state index contributed by atoms with van der Waals surface area (Å²) in [5.41, 5.74) is 5.41. The molecule has 0 bridgehead atoms. The van der Waals surface area contributed by atoms with Gasteiger partial charge in [-0.1, -0.05) is 38.3 Å². The first-order chi connectivity index (χ1) is 9.54. The van der Waals surface area contributed by atoms with Crippen molar-refractivity contribution in [1.82, 2.24) is 0 Å². The van der Waals surface area contributed by atoms with Crippen LogP contribution in [0.4, 0.5) is 8.78 Å². The lowest BCUT2D eigenvalue weighted by Crippen LogP contribution is -2.41. The first-order valence-electron chi connectivity index (χ1n) is 7.36. The summed E-state index contributed by atoms with van der Waals surface area (Å²) in [5.74, 6) is -1.37. The van der Waals surface area contributed by atoms with Gasteiger partial charge < -0.3 is 10.8 Å². The third-order valence-corrected chi connectivity index (χ3v) is 4.82. The van der Waals surface area contributed by atoms with Crippen LogP contribution in [0.1, 0.15) is 50.7 Å². The zero-order valence-corrected chi connectivity index (χ0v) is 11.9. The predicted octanol–water partition coefficient (Wildman–Crippen LogP) is 3.54. The number of benzene rings is 1. The second kappa shape index (κ2) is 6.19. The van der Waals surface area contributed by atoms with E-state index in [0.717, 1.165) is 38.2 Å². The third-order valence-electron chi connectivity index (χ3n) is 4.82. The molecular weight excluding hydrogens is 260 g/mol. The molecule has 0 aliphatic heterocycles. The van der Waals surface area contributed by atoms with Crippen molar-refractivity contribution in [2.24, 2.45) is 17.1 Å². The van der Waals surface area contributed by atoms with Crippen molar-refractivity contribution in [3.63, 3.8) is 0 Å². The molecule has 1 saturated carbocycles. The molecule has 2 rings (SSSR count). The maximum atomic E-state index is 13.9. The highest BCUT2D eigenvalue weighted by atomic mass is 19.2. The lowest BCUT2D eigenvalue weighted by molar-refractivity contribution is -0.0184. The largest absolute Gasteiger partial charge is 0.388 e. The summed E-state index contributed by atoms with van der Waals surface area (Å²) >= 11 is 0. The average molecular weight is 283 g/mol. The standard InChI is InChI=1S/C16H23F2NO/c1-2-11-5-4-8-16(9-11,10-19)15(20)12-6-3-7-13(17)14(12)18/h3,6-7,11,15,20H,2,4-5,8-10,19H2,1H3. The molecule has 0 spiro atoms. The fourth-order valence-corrected chi connectivity index (χ4v) is 3.48. The molecule has 3 atom stereocenters. The van der Waals surface area contributed by atoms with Crippen molar-refractivity contribution in [1.29, 1.82) is 0 Å². The van der Waals surface area contributed by atoms with Gasteiger partial charge >= 0.3 is 0 Å². The Morgan fingerprint density at radius 3 is 2.85 bits per heavy atom. The Kier molecular flexibility index (Phi) is 4.76. The second-order valence-electron chi connectivity index (χ2n) is 5.98. The van der Waals surface area contributed by atoms with Crippen LogP contribution in [0.25, 0.3) is 0 Å². The van der Waals surface area contributed by atoms with Crippen molar-refractivity contribution in [2.45, 2.75) is 45.1 Å². The molecule has 2 nitrogen and oxygen atoms in total. The van der Waals surface area contributed by atoms with Gasteiger partial charge in [-0.05, 0) is 24.8 Å². The van der Waals surface area contributed by atoms with E-state index in [9.17, 15) is 13.9 Å². The van der Waals surface area contributed by atoms with Crippen LogP contribution >= 0.6 is 0 Å². The normalized spacial score (nSPS) is 28.4. The number of aliphatic hydroxyl groups excluding tert-OH is 1. The molecule has 0 saturated heterocycles. The fraction of sp³-hybridized carbons (Fsp3) is 0.625. The van der Waals surface area contributed by atoms with E-state index < -0.39 is 23.2 Å². The molecule has 0 amide bonds. The number of aliphatic hydroxyl groups is 1. The van der Waals surface area contributed by atoms with Gasteiger partial charge in [0.2, 0.25) is 0 Å². The average Bonchev–Trinajstić information content (AvgIpc) is 2.49. The van der Waals surface area contributed by atoms with E-state index in [2.05, 4.69) is 6.92 Å². The number of halogens is 2. The Labute approximate surface area is 119 Å². The molecule has 1 aliphatic rings. The van der Waals surface area contributed by atoms with Crippen LogP contribution in [0.2, 0.25) is 0 Å². The van der Waals surface area contributed by atoms with Crippen molar-refractivity contribution in [2.75, 3.05) is 6.54 Å². The van der Waals surface area contributed by atoms with Crippen LogP contribution in [0, 0.1) is 23.0 Å². The van der Waals surface area contributed by atoms with Crippen LogP contribution in [-0.2, 0) is 0 Å². The van der Waals surface area contributed by atoms with Gasteiger partial charge in [-0.2, -0.15) is 0 Å². The zero-order chi connectivity index (χ0) is 14.8. The number of rotatable bonds is 4. The van der Waals surface area contributed by atoms with E-state index in [0.29, 0.717) is 12.5 Å². The molecule has 3 N–H and O–H groups in total. The Balaban J connectivity index is 2.33. The topological polar surface area (TPSA) is 46.2 Å². The van der Waals surface area contributed by atoms with Gasteiger partial charge in [-0.15, -0.1) is 0 Å². The molecule has 1 aromatic carbocycles. The van der Waals surface area contributed by atoms with Crippen LogP contribution in [0.15, 0.2) is 18.2 Å². The molecular formula is C16H23F2NO. The molecule has 1 fully saturated rings. The summed E-state index contributed by atoms with van der Waals surface area (Å²) in [4.78, 5) is 0. The van der Waals surface area contributed by atoms with Crippen molar-refractivity contribution in [3.8, 4) is 0 Å².